The minimum absolute atomic E-state index is 1.08. The average Bonchev–Trinajstić information content (AvgIpc) is 2.85. The van der Waals surface area contributed by atoms with Crippen molar-refractivity contribution in [1.82, 2.24) is 0 Å². The van der Waals surface area contributed by atoms with Crippen molar-refractivity contribution in [1.29, 1.82) is 0 Å². The Morgan fingerprint density at radius 1 is 0.810 bits per heavy atom. The first-order chi connectivity index (χ1) is 10.3. The van der Waals surface area contributed by atoms with Gasteiger partial charge in [0, 0.05) is 0 Å². The van der Waals surface area contributed by atoms with Crippen molar-refractivity contribution < 1.29 is 0 Å². The van der Waals surface area contributed by atoms with Gasteiger partial charge in [0.15, 0.2) is 0 Å². The second kappa shape index (κ2) is 4.60. The van der Waals surface area contributed by atoms with Gasteiger partial charge in [-0.15, -0.1) is 0 Å². The summed E-state index contributed by atoms with van der Waals surface area (Å²) < 4.78 is 0. The maximum Gasteiger partial charge on any atom is -0.00703 e. The van der Waals surface area contributed by atoms with Crippen LogP contribution in [0.15, 0.2) is 60.7 Å². The van der Waals surface area contributed by atoms with E-state index < -0.39 is 0 Å². The van der Waals surface area contributed by atoms with Crippen molar-refractivity contribution >= 4 is 16.3 Å². The van der Waals surface area contributed by atoms with Crippen LogP contribution in [-0.2, 0) is 6.42 Å². The molecule has 1 aliphatic carbocycles. The van der Waals surface area contributed by atoms with Gasteiger partial charge in [-0.05, 0) is 69.6 Å². The monoisotopic (exact) mass is 270 g/mol. The molecule has 0 saturated heterocycles. The highest BCUT2D eigenvalue weighted by Crippen LogP contribution is 2.47. The van der Waals surface area contributed by atoms with E-state index in [0.717, 1.165) is 6.42 Å². The summed E-state index contributed by atoms with van der Waals surface area (Å²) in [5, 5.41) is 2.64. The zero-order valence-electron chi connectivity index (χ0n) is 12.5. The fourth-order valence-corrected chi connectivity index (χ4v) is 3.56. The minimum atomic E-state index is 1.08. The molecular formula is C21H18. The van der Waals surface area contributed by atoms with Crippen LogP contribution in [0.2, 0.25) is 0 Å². The second-order valence-electron chi connectivity index (χ2n) is 5.64. The summed E-state index contributed by atoms with van der Waals surface area (Å²) in [7, 11) is 0. The van der Waals surface area contributed by atoms with E-state index >= 15 is 0 Å². The first-order valence-electron chi connectivity index (χ1n) is 7.65. The van der Waals surface area contributed by atoms with Crippen molar-refractivity contribution in [2.24, 2.45) is 0 Å². The summed E-state index contributed by atoms with van der Waals surface area (Å²) in [6, 6.07) is 20.0. The Labute approximate surface area is 125 Å². The van der Waals surface area contributed by atoms with Gasteiger partial charge in [-0.2, -0.15) is 0 Å². The molecule has 0 fully saturated rings. The molecule has 0 radical (unpaired) electrons. The Morgan fingerprint density at radius 2 is 1.52 bits per heavy atom. The van der Waals surface area contributed by atoms with Crippen LogP contribution >= 0.6 is 0 Å². The highest BCUT2D eigenvalue weighted by atomic mass is 14.3. The maximum absolute atomic E-state index is 2.35. The largest absolute Gasteiger partial charge is 0.0791 e. The minimum Gasteiger partial charge on any atom is -0.0791 e. The van der Waals surface area contributed by atoms with Gasteiger partial charge in [-0.1, -0.05) is 55.5 Å². The lowest BCUT2D eigenvalue weighted by Gasteiger charge is -2.07. The third-order valence-corrected chi connectivity index (χ3v) is 4.56. The maximum atomic E-state index is 2.35. The molecule has 21 heavy (non-hydrogen) atoms. The zero-order valence-corrected chi connectivity index (χ0v) is 12.5. The van der Waals surface area contributed by atoms with E-state index in [1.807, 2.05) is 0 Å². The Balaban J connectivity index is 2.12. The number of benzene rings is 3. The van der Waals surface area contributed by atoms with E-state index in [-0.39, 0.29) is 0 Å². The Morgan fingerprint density at radius 3 is 2.19 bits per heavy atom. The summed E-state index contributed by atoms with van der Waals surface area (Å²) in [5.41, 5.74) is 8.43. The summed E-state index contributed by atoms with van der Waals surface area (Å²) in [6.45, 7) is 4.39. The molecule has 0 saturated carbocycles. The van der Waals surface area contributed by atoms with Crippen molar-refractivity contribution in [3.63, 3.8) is 0 Å². The van der Waals surface area contributed by atoms with Crippen LogP contribution in [0.4, 0.5) is 0 Å². The molecule has 0 heteroatoms. The summed E-state index contributed by atoms with van der Waals surface area (Å²) in [5.74, 6) is 0. The number of aryl methyl sites for hydroxylation is 1. The van der Waals surface area contributed by atoms with Crippen LogP contribution in [0.5, 0.6) is 0 Å². The molecule has 0 N–H and O–H groups in total. The highest BCUT2D eigenvalue weighted by molar-refractivity contribution is 6.06. The van der Waals surface area contributed by atoms with Crippen molar-refractivity contribution in [2.75, 3.05) is 0 Å². The summed E-state index contributed by atoms with van der Waals surface area (Å²) in [6.07, 6.45) is 3.34. The average molecular weight is 270 g/mol. The van der Waals surface area contributed by atoms with E-state index in [4.69, 9.17) is 0 Å². The normalized spacial score (nSPS) is 14.5. The summed E-state index contributed by atoms with van der Waals surface area (Å²) >= 11 is 0. The van der Waals surface area contributed by atoms with Crippen LogP contribution in [0, 0.1) is 0 Å². The standard InChI is InChI=1S/C21H18/c1-3-14-10-7-11-18-20-13-16-9-6-5-8-15(16)12-19(20)17(4-2)21(14)18/h4-13H,3H2,1-2H3/b17-4-. The van der Waals surface area contributed by atoms with Crippen LogP contribution in [-0.4, -0.2) is 0 Å². The smallest absolute Gasteiger partial charge is 0.00703 e. The van der Waals surface area contributed by atoms with Crippen molar-refractivity contribution in [3.8, 4) is 11.1 Å². The fourth-order valence-electron chi connectivity index (χ4n) is 3.56. The molecule has 0 aromatic heterocycles. The molecule has 0 bridgehead atoms. The SMILES string of the molecule is C/C=C1/c2cc3ccccc3cc2-c2cccc(CC)c21. The first-order valence-corrected chi connectivity index (χ1v) is 7.65. The lowest BCUT2D eigenvalue weighted by Crippen LogP contribution is -1.89. The van der Waals surface area contributed by atoms with Gasteiger partial charge >= 0.3 is 0 Å². The van der Waals surface area contributed by atoms with Crippen molar-refractivity contribution in [3.05, 3.63) is 77.4 Å². The number of fused-ring (bicyclic) bond motifs is 4. The molecular weight excluding hydrogens is 252 g/mol. The molecule has 0 aliphatic heterocycles. The predicted octanol–water partition coefficient (Wildman–Crippen LogP) is 5.83. The van der Waals surface area contributed by atoms with E-state index in [2.05, 4.69) is 74.5 Å². The van der Waals surface area contributed by atoms with Gasteiger partial charge in [0.2, 0.25) is 0 Å². The van der Waals surface area contributed by atoms with Gasteiger partial charge in [0.05, 0.1) is 0 Å². The van der Waals surface area contributed by atoms with Crippen LogP contribution in [0.1, 0.15) is 30.5 Å². The number of rotatable bonds is 1. The zero-order chi connectivity index (χ0) is 14.4. The lowest BCUT2D eigenvalue weighted by atomic mass is 9.96. The predicted molar refractivity (Wildman–Crippen MR) is 91.5 cm³/mol. The molecule has 0 nitrogen and oxygen atoms in total. The van der Waals surface area contributed by atoms with Gasteiger partial charge in [-0.3, -0.25) is 0 Å². The second-order valence-corrected chi connectivity index (χ2v) is 5.64. The van der Waals surface area contributed by atoms with E-state index in [9.17, 15) is 0 Å². The van der Waals surface area contributed by atoms with Crippen LogP contribution in [0.25, 0.3) is 27.5 Å². The number of allylic oxidation sites excluding steroid dienone is 1. The molecule has 1 aliphatic rings. The molecule has 0 atom stereocenters. The summed E-state index contributed by atoms with van der Waals surface area (Å²) in [4.78, 5) is 0. The van der Waals surface area contributed by atoms with E-state index in [0.29, 0.717) is 0 Å². The van der Waals surface area contributed by atoms with Gasteiger partial charge in [0.1, 0.15) is 0 Å². The van der Waals surface area contributed by atoms with Gasteiger partial charge < -0.3 is 0 Å². The molecule has 102 valence electrons. The van der Waals surface area contributed by atoms with Crippen LogP contribution < -0.4 is 0 Å². The lowest BCUT2D eigenvalue weighted by molar-refractivity contribution is 1.13. The molecule has 4 rings (SSSR count). The van der Waals surface area contributed by atoms with E-state index in [1.54, 1.807) is 0 Å². The third kappa shape index (κ3) is 1.69. The molecule has 0 amide bonds. The van der Waals surface area contributed by atoms with Crippen LogP contribution in [0.3, 0.4) is 0 Å². The van der Waals surface area contributed by atoms with Gasteiger partial charge in [-0.25, -0.2) is 0 Å². The number of hydrogen-bond acceptors (Lipinski definition) is 0. The molecule has 0 heterocycles. The Hall–Kier alpha value is -2.34. The van der Waals surface area contributed by atoms with E-state index in [1.165, 1.54) is 44.2 Å². The fraction of sp³-hybridized carbons (Fsp3) is 0.143. The quantitative estimate of drug-likeness (QED) is 0.408. The number of hydrogen-bond donors (Lipinski definition) is 0. The topological polar surface area (TPSA) is 0 Å². The molecule has 0 spiro atoms. The Bertz CT molecular complexity index is 882. The molecule has 3 aromatic carbocycles. The first kappa shape index (κ1) is 12.4. The Kier molecular flexibility index (Phi) is 2.71. The van der Waals surface area contributed by atoms with Gasteiger partial charge in [0.25, 0.3) is 0 Å². The van der Waals surface area contributed by atoms with Crippen molar-refractivity contribution in [2.45, 2.75) is 20.3 Å². The highest BCUT2D eigenvalue weighted by Gasteiger charge is 2.25. The molecule has 3 aromatic rings. The third-order valence-electron chi connectivity index (χ3n) is 4.56. The molecule has 0 unspecified atom stereocenters.